The summed E-state index contributed by atoms with van der Waals surface area (Å²) in [7, 11) is 1.58. The molecule has 0 radical (unpaired) electrons. The molecule has 1 N–H and O–H groups in total. The van der Waals surface area contributed by atoms with Crippen LogP contribution in [-0.4, -0.2) is 12.2 Å². The normalized spacial score (nSPS) is 12.3. The highest BCUT2D eigenvalue weighted by atomic mass is 79.9. The molecule has 4 heteroatoms. The van der Waals surface area contributed by atoms with Crippen molar-refractivity contribution in [2.75, 3.05) is 7.11 Å². The number of rotatable bonds is 3. The van der Waals surface area contributed by atoms with E-state index in [1.165, 1.54) is 0 Å². The first-order chi connectivity index (χ1) is 9.01. The molecule has 0 heterocycles. The average molecular weight is 342 g/mol. The number of aliphatic hydroxyl groups is 1. The Morgan fingerprint density at radius 2 is 1.95 bits per heavy atom. The van der Waals surface area contributed by atoms with Crippen molar-refractivity contribution < 1.29 is 9.84 Å². The van der Waals surface area contributed by atoms with Crippen molar-refractivity contribution in [2.45, 2.75) is 13.0 Å². The molecule has 0 saturated heterocycles. The minimum atomic E-state index is -0.773. The number of aryl methyl sites for hydroxylation is 1. The number of benzene rings is 2. The highest BCUT2D eigenvalue weighted by molar-refractivity contribution is 9.10. The summed E-state index contributed by atoms with van der Waals surface area (Å²) in [5.74, 6) is 0.620. The lowest BCUT2D eigenvalue weighted by Gasteiger charge is -2.16. The van der Waals surface area contributed by atoms with Gasteiger partial charge in [-0.05, 0) is 48.4 Å². The highest BCUT2D eigenvalue weighted by Crippen LogP contribution is 2.33. The minimum absolute atomic E-state index is 0.571. The SMILES string of the molecule is COc1ccc(Cl)cc1C(O)c1cc(C)cc(Br)c1. The molecule has 0 bridgehead atoms. The second kappa shape index (κ2) is 5.95. The summed E-state index contributed by atoms with van der Waals surface area (Å²) in [6.07, 6.45) is -0.773. The summed E-state index contributed by atoms with van der Waals surface area (Å²) in [4.78, 5) is 0. The Morgan fingerprint density at radius 3 is 2.58 bits per heavy atom. The van der Waals surface area contributed by atoms with E-state index in [1.807, 2.05) is 25.1 Å². The largest absolute Gasteiger partial charge is 0.496 e. The molecule has 0 amide bonds. The van der Waals surface area contributed by atoms with E-state index in [0.29, 0.717) is 16.3 Å². The Bertz CT molecular complexity index is 578. The van der Waals surface area contributed by atoms with Crippen LogP contribution >= 0.6 is 27.5 Å². The van der Waals surface area contributed by atoms with Gasteiger partial charge in [0.15, 0.2) is 0 Å². The quantitative estimate of drug-likeness (QED) is 0.890. The van der Waals surface area contributed by atoms with Crippen LogP contribution in [0.25, 0.3) is 0 Å². The van der Waals surface area contributed by atoms with Crippen molar-refractivity contribution in [3.05, 3.63) is 62.6 Å². The van der Waals surface area contributed by atoms with E-state index in [9.17, 15) is 5.11 Å². The Labute approximate surface area is 126 Å². The van der Waals surface area contributed by atoms with Crippen molar-refractivity contribution in [1.29, 1.82) is 0 Å². The molecular weight excluding hydrogens is 328 g/mol. The third-order valence-corrected chi connectivity index (χ3v) is 3.56. The fraction of sp³-hybridized carbons (Fsp3) is 0.200. The van der Waals surface area contributed by atoms with Gasteiger partial charge in [0, 0.05) is 15.1 Å². The van der Waals surface area contributed by atoms with Crippen molar-refractivity contribution >= 4 is 27.5 Å². The topological polar surface area (TPSA) is 29.5 Å². The molecule has 0 aliphatic carbocycles. The number of methoxy groups -OCH3 is 1. The van der Waals surface area contributed by atoms with Gasteiger partial charge in [0.1, 0.15) is 11.9 Å². The Kier molecular flexibility index (Phi) is 4.50. The molecule has 100 valence electrons. The van der Waals surface area contributed by atoms with E-state index in [2.05, 4.69) is 15.9 Å². The molecule has 2 rings (SSSR count). The maximum absolute atomic E-state index is 10.5. The molecule has 1 unspecified atom stereocenters. The van der Waals surface area contributed by atoms with Crippen LogP contribution in [0.3, 0.4) is 0 Å². The third-order valence-electron chi connectivity index (χ3n) is 2.87. The standard InChI is InChI=1S/C15H14BrClO2/c1-9-5-10(7-11(16)6-9)15(18)13-8-12(17)3-4-14(13)19-2/h3-8,15,18H,1-2H3. The maximum atomic E-state index is 10.5. The van der Waals surface area contributed by atoms with Crippen molar-refractivity contribution in [3.63, 3.8) is 0 Å². The molecule has 2 nitrogen and oxygen atoms in total. The summed E-state index contributed by atoms with van der Waals surface area (Å²) in [6, 6.07) is 11.0. The molecule has 2 aromatic carbocycles. The molecular formula is C15H14BrClO2. The summed E-state index contributed by atoms with van der Waals surface area (Å²) in [6.45, 7) is 1.98. The zero-order valence-corrected chi connectivity index (χ0v) is 13.0. The first-order valence-electron chi connectivity index (χ1n) is 5.80. The summed E-state index contributed by atoms with van der Waals surface area (Å²) in [5.41, 5.74) is 2.53. The number of halogens is 2. The molecule has 0 aromatic heterocycles. The van der Waals surface area contributed by atoms with Crippen LogP contribution in [0, 0.1) is 6.92 Å². The number of hydrogen-bond donors (Lipinski definition) is 1. The average Bonchev–Trinajstić information content (AvgIpc) is 2.36. The zero-order chi connectivity index (χ0) is 14.0. The number of ether oxygens (including phenoxy) is 1. The molecule has 2 aromatic rings. The maximum Gasteiger partial charge on any atom is 0.125 e. The smallest absolute Gasteiger partial charge is 0.125 e. The van der Waals surface area contributed by atoms with E-state index >= 15 is 0 Å². The summed E-state index contributed by atoms with van der Waals surface area (Å²) in [5, 5.41) is 11.1. The van der Waals surface area contributed by atoms with Crippen LogP contribution in [0.4, 0.5) is 0 Å². The molecule has 0 aliphatic heterocycles. The Balaban J connectivity index is 2.48. The van der Waals surface area contributed by atoms with E-state index < -0.39 is 6.10 Å². The van der Waals surface area contributed by atoms with Crippen LogP contribution in [0.1, 0.15) is 22.8 Å². The van der Waals surface area contributed by atoms with Crippen molar-refractivity contribution in [1.82, 2.24) is 0 Å². The second-order valence-electron chi connectivity index (χ2n) is 4.35. The number of aliphatic hydroxyl groups excluding tert-OH is 1. The molecule has 19 heavy (non-hydrogen) atoms. The van der Waals surface area contributed by atoms with E-state index in [0.717, 1.165) is 15.6 Å². The van der Waals surface area contributed by atoms with Gasteiger partial charge >= 0.3 is 0 Å². The molecule has 0 aliphatic rings. The first-order valence-corrected chi connectivity index (χ1v) is 6.97. The predicted molar refractivity (Wildman–Crippen MR) is 80.9 cm³/mol. The predicted octanol–water partition coefficient (Wildman–Crippen LogP) is 4.50. The van der Waals surface area contributed by atoms with Crippen LogP contribution in [-0.2, 0) is 0 Å². The van der Waals surface area contributed by atoms with Crippen LogP contribution in [0.15, 0.2) is 40.9 Å². The van der Waals surface area contributed by atoms with Gasteiger partial charge in [-0.25, -0.2) is 0 Å². The van der Waals surface area contributed by atoms with E-state index in [-0.39, 0.29) is 0 Å². The van der Waals surface area contributed by atoms with Crippen molar-refractivity contribution in [3.8, 4) is 5.75 Å². The van der Waals surface area contributed by atoms with Gasteiger partial charge in [0.2, 0.25) is 0 Å². The van der Waals surface area contributed by atoms with Gasteiger partial charge in [-0.3, -0.25) is 0 Å². The number of hydrogen-bond acceptors (Lipinski definition) is 2. The Morgan fingerprint density at radius 1 is 1.21 bits per heavy atom. The van der Waals surface area contributed by atoms with Crippen molar-refractivity contribution in [2.24, 2.45) is 0 Å². The van der Waals surface area contributed by atoms with Gasteiger partial charge in [0.05, 0.1) is 7.11 Å². The lowest BCUT2D eigenvalue weighted by molar-refractivity contribution is 0.214. The fourth-order valence-corrected chi connectivity index (χ4v) is 2.83. The van der Waals surface area contributed by atoms with Gasteiger partial charge in [-0.1, -0.05) is 33.6 Å². The minimum Gasteiger partial charge on any atom is -0.496 e. The van der Waals surface area contributed by atoms with E-state index in [1.54, 1.807) is 25.3 Å². The zero-order valence-electron chi connectivity index (χ0n) is 10.7. The first kappa shape index (κ1) is 14.4. The van der Waals surface area contributed by atoms with Crippen LogP contribution in [0.2, 0.25) is 5.02 Å². The molecule has 0 spiro atoms. The van der Waals surface area contributed by atoms with Gasteiger partial charge in [-0.2, -0.15) is 0 Å². The second-order valence-corrected chi connectivity index (χ2v) is 5.70. The van der Waals surface area contributed by atoms with Gasteiger partial charge in [-0.15, -0.1) is 0 Å². The third kappa shape index (κ3) is 3.30. The highest BCUT2D eigenvalue weighted by Gasteiger charge is 2.16. The van der Waals surface area contributed by atoms with Gasteiger partial charge in [0.25, 0.3) is 0 Å². The van der Waals surface area contributed by atoms with Gasteiger partial charge < -0.3 is 9.84 Å². The molecule has 0 fully saturated rings. The van der Waals surface area contributed by atoms with E-state index in [4.69, 9.17) is 16.3 Å². The van der Waals surface area contributed by atoms with Crippen LogP contribution < -0.4 is 4.74 Å². The molecule has 1 atom stereocenters. The Hall–Kier alpha value is -1.03. The summed E-state index contributed by atoms with van der Waals surface area (Å²) < 4.78 is 6.21. The lowest BCUT2D eigenvalue weighted by Crippen LogP contribution is -2.03. The van der Waals surface area contributed by atoms with Crippen LogP contribution in [0.5, 0.6) is 5.75 Å². The fourth-order valence-electron chi connectivity index (χ4n) is 2.02. The monoisotopic (exact) mass is 340 g/mol. The molecule has 0 saturated carbocycles. The lowest BCUT2D eigenvalue weighted by atomic mass is 9.99. The summed E-state index contributed by atoms with van der Waals surface area (Å²) >= 11 is 9.43.